The van der Waals surface area contributed by atoms with Crippen LogP contribution in [-0.4, -0.2) is 54.7 Å². The van der Waals surface area contributed by atoms with E-state index >= 15 is 0 Å². The quantitative estimate of drug-likeness (QED) is 0.258. The summed E-state index contributed by atoms with van der Waals surface area (Å²) in [5.41, 5.74) is 3.28. The monoisotopic (exact) mass is 652 g/mol. The summed E-state index contributed by atoms with van der Waals surface area (Å²) in [5.74, 6) is -0.746. The summed E-state index contributed by atoms with van der Waals surface area (Å²) in [7, 11) is 1.66. The predicted molar refractivity (Wildman–Crippen MR) is 185 cm³/mol. The third-order valence-electron chi connectivity index (χ3n) is 9.21. The van der Waals surface area contributed by atoms with E-state index in [1.165, 1.54) is 9.13 Å². The standard InChI is InChI=1S/C36H40N6O6/c1-5-40-30-19-26(28(20-31(30)41(6-2)36(40)47)37-32(43)22-48-21-24-10-8-7-9-11-24)33(44)39-16-14-25(15-17-39)42-34(45)27-18-23(3)12-13-29(27)38(4)35(42)46/h7-13,18-20,25H,5-6,14-17,21-22H2,1-4H3,(H,37,43). The number of amides is 2. The molecule has 0 aliphatic carbocycles. The minimum Gasteiger partial charge on any atom is -0.367 e. The molecule has 2 aromatic heterocycles. The smallest absolute Gasteiger partial charge is 0.331 e. The number of carbonyl (C=O) groups excluding carboxylic acids is 2. The number of nitrogens with one attached hydrogen (secondary N) is 1. The van der Waals surface area contributed by atoms with Crippen molar-refractivity contribution in [2.75, 3.05) is 25.0 Å². The SMILES string of the molecule is CCn1c(=O)n(CC)c2cc(C(=O)N3CCC(n4c(=O)c5cc(C)ccc5n(C)c4=O)CC3)c(NC(=O)COCc3ccccc3)cc21. The van der Waals surface area contributed by atoms with Gasteiger partial charge >= 0.3 is 11.4 Å². The Hall–Kier alpha value is -5.23. The highest BCUT2D eigenvalue weighted by Gasteiger charge is 2.30. The number of hydrogen-bond acceptors (Lipinski definition) is 6. The highest BCUT2D eigenvalue weighted by molar-refractivity contribution is 6.07. The number of rotatable bonds is 9. The van der Waals surface area contributed by atoms with Gasteiger partial charge in [0.2, 0.25) is 5.91 Å². The second-order valence-corrected chi connectivity index (χ2v) is 12.2. The molecule has 12 nitrogen and oxygen atoms in total. The number of nitrogens with zero attached hydrogens (tertiary/aromatic N) is 5. The highest BCUT2D eigenvalue weighted by Crippen LogP contribution is 2.28. The van der Waals surface area contributed by atoms with Crippen molar-refractivity contribution in [2.24, 2.45) is 7.05 Å². The summed E-state index contributed by atoms with van der Waals surface area (Å²) >= 11 is 0. The Balaban J connectivity index is 1.28. The molecule has 1 aliphatic heterocycles. The largest absolute Gasteiger partial charge is 0.367 e. The van der Waals surface area contributed by atoms with Crippen molar-refractivity contribution in [3.8, 4) is 0 Å². The molecule has 1 saturated heterocycles. The molecule has 0 atom stereocenters. The lowest BCUT2D eigenvalue weighted by atomic mass is 10.0. The first-order chi connectivity index (χ1) is 23.1. The summed E-state index contributed by atoms with van der Waals surface area (Å²) in [6.07, 6.45) is 0.808. The number of aryl methyl sites for hydroxylation is 4. The van der Waals surface area contributed by atoms with Crippen molar-refractivity contribution in [1.29, 1.82) is 0 Å². The Morgan fingerprint density at radius 2 is 1.52 bits per heavy atom. The minimum atomic E-state index is -0.430. The van der Waals surface area contributed by atoms with Gasteiger partial charge in [0.1, 0.15) is 6.61 Å². The van der Waals surface area contributed by atoms with Crippen LogP contribution in [0.5, 0.6) is 0 Å². The lowest BCUT2D eigenvalue weighted by Crippen LogP contribution is -2.46. The number of imidazole rings is 1. The van der Waals surface area contributed by atoms with Crippen LogP contribution in [0.4, 0.5) is 5.69 Å². The maximum absolute atomic E-state index is 14.2. The lowest BCUT2D eigenvalue weighted by molar-refractivity contribution is -0.121. The first-order valence-electron chi connectivity index (χ1n) is 16.3. The molecule has 0 radical (unpaired) electrons. The third kappa shape index (κ3) is 5.99. The van der Waals surface area contributed by atoms with E-state index in [9.17, 15) is 24.0 Å². The number of hydrogen-bond donors (Lipinski definition) is 1. The number of ether oxygens (including phenoxy) is 1. The van der Waals surface area contributed by atoms with Crippen molar-refractivity contribution < 1.29 is 14.3 Å². The normalized spacial score (nSPS) is 13.8. The topological polar surface area (TPSA) is 130 Å². The van der Waals surface area contributed by atoms with Crippen LogP contribution >= 0.6 is 0 Å². The van der Waals surface area contributed by atoms with E-state index in [0.717, 1.165) is 11.1 Å². The van der Waals surface area contributed by atoms with Gasteiger partial charge in [0.25, 0.3) is 11.5 Å². The molecule has 1 N–H and O–H groups in total. The molecule has 1 aliphatic rings. The zero-order chi connectivity index (χ0) is 34.1. The van der Waals surface area contributed by atoms with Gasteiger partial charge in [-0.3, -0.25) is 32.7 Å². The zero-order valence-electron chi connectivity index (χ0n) is 27.7. The maximum Gasteiger partial charge on any atom is 0.331 e. The van der Waals surface area contributed by atoms with Gasteiger partial charge in [-0.2, -0.15) is 0 Å². The number of carbonyl (C=O) groups is 2. The van der Waals surface area contributed by atoms with Gasteiger partial charge in [-0.25, -0.2) is 9.59 Å². The summed E-state index contributed by atoms with van der Waals surface area (Å²) in [4.78, 5) is 68.9. The molecule has 5 aromatic rings. The molecule has 0 spiro atoms. The molecule has 3 heterocycles. The molecular weight excluding hydrogens is 612 g/mol. The molecule has 1 fully saturated rings. The van der Waals surface area contributed by atoms with E-state index in [1.54, 1.807) is 45.3 Å². The van der Waals surface area contributed by atoms with Gasteiger partial charge in [-0.15, -0.1) is 0 Å². The fraction of sp³-hybridized carbons (Fsp3) is 0.361. The molecule has 6 rings (SSSR count). The van der Waals surface area contributed by atoms with E-state index in [4.69, 9.17) is 4.74 Å². The molecule has 12 heteroatoms. The second kappa shape index (κ2) is 13.5. The number of likely N-dealkylation sites (tertiary alicyclic amines) is 1. The van der Waals surface area contributed by atoms with Crippen molar-refractivity contribution in [2.45, 2.75) is 59.4 Å². The van der Waals surface area contributed by atoms with E-state index in [0.29, 0.717) is 61.0 Å². The average molecular weight is 653 g/mol. The van der Waals surface area contributed by atoms with Gasteiger partial charge < -0.3 is 15.0 Å². The van der Waals surface area contributed by atoms with E-state index in [2.05, 4.69) is 5.32 Å². The van der Waals surface area contributed by atoms with Gasteiger partial charge in [0.05, 0.1) is 39.8 Å². The first kappa shape index (κ1) is 32.7. The molecule has 3 aromatic carbocycles. The van der Waals surface area contributed by atoms with E-state index < -0.39 is 5.91 Å². The van der Waals surface area contributed by atoms with E-state index in [-0.39, 0.29) is 53.4 Å². The van der Waals surface area contributed by atoms with Crippen LogP contribution in [0.25, 0.3) is 21.9 Å². The maximum atomic E-state index is 14.2. The number of aromatic nitrogens is 4. The molecular formula is C36H40N6O6. The molecule has 0 saturated carbocycles. The minimum absolute atomic E-state index is 0.193. The first-order valence-corrected chi connectivity index (χ1v) is 16.3. The Morgan fingerprint density at radius 3 is 2.19 bits per heavy atom. The van der Waals surface area contributed by atoms with Gasteiger partial charge in [0.15, 0.2) is 0 Å². The zero-order valence-corrected chi connectivity index (χ0v) is 27.7. The van der Waals surface area contributed by atoms with Crippen LogP contribution in [0, 0.1) is 6.92 Å². The van der Waals surface area contributed by atoms with Crippen LogP contribution in [-0.2, 0) is 36.3 Å². The second-order valence-electron chi connectivity index (χ2n) is 12.2. The number of piperidine rings is 1. The summed E-state index contributed by atoms with van der Waals surface area (Å²) < 4.78 is 11.7. The van der Waals surface area contributed by atoms with E-state index in [1.807, 2.05) is 57.2 Å². The Labute approximate surface area is 276 Å². The third-order valence-corrected chi connectivity index (χ3v) is 9.21. The Morgan fingerprint density at radius 1 is 0.854 bits per heavy atom. The molecule has 250 valence electrons. The van der Waals surface area contributed by atoms with Gasteiger partial charge in [-0.1, -0.05) is 42.0 Å². The Kier molecular flexibility index (Phi) is 9.18. The fourth-order valence-corrected chi connectivity index (χ4v) is 6.69. The van der Waals surface area contributed by atoms with Crippen LogP contribution in [0.3, 0.4) is 0 Å². The average Bonchev–Trinajstić information content (AvgIpc) is 3.36. The van der Waals surface area contributed by atoms with Crippen molar-refractivity contribution >= 4 is 39.4 Å². The van der Waals surface area contributed by atoms with Gasteiger partial charge in [0, 0.05) is 39.3 Å². The lowest BCUT2D eigenvalue weighted by Gasteiger charge is -2.33. The number of benzene rings is 3. The summed E-state index contributed by atoms with van der Waals surface area (Å²) in [6.45, 7) is 7.10. The highest BCUT2D eigenvalue weighted by atomic mass is 16.5. The summed E-state index contributed by atoms with van der Waals surface area (Å²) in [5, 5.41) is 3.34. The number of fused-ring (bicyclic) bond motifs is 2. The van der Waals surface area contributed by atoms with Gasteiger partial charge in [-0.05, 0) is 63.4 Å². The number of anilines is 1. The van der Waals surface area contributed by atoms with Crippen LogP contribution < -0.4 is 22.3 Å². The van der Waals surface area contributed by atoms with Crippen molar-refractivity contribution in [3.05, 3.63) is 109 Å². The van der Waals surface area contributed by atoms with Crippen LogP contribution in [0.1, 0.15) is 54.2 Å². The summed E-state index contributed by atoms with van der Waals surface area (Å²) in [6, 6.07) is 17.9. The molecule has 0 bridgehead atoms. The van der Waals surface area contributed by atoms with Crippen molar-refractivity contribution in [3.63, 3.8) is 0 Å². The Bertz CT molecular complexity index is 2200. The molecule has 2 amide bonds. The fourth-order valence-electron chi connectivity index (χ4n) is 6.69. The molecule has 0 unspecified atom stereocenters. The molecule has 48 heavy (non-hydrogen) atoms. The van der Waals surface area contributed by atoms with Crippen LogP contribution in [0.2, 0.25) is 0 Å². The predicted octanol–water partition coefficient (Wildman–Crippen LogP) is 3.80. The van der Waals surface area contributed by atoms with Crippen molar-refractivity contribution in [1.82, 2.24) is 23.2 Å². The van der Waals surface area contributed by atoms with Crippen LogP contribution in [0.15, 0.2) is 75.0 Å².